The lowest BCUT2D eigenvalue weighted by Crippen LogP contribution is -2.05. The highest BCUT2D eigenvalue weighted by Gasteiger charge is 2.04. The number of hydrogen-bond acceptors (Lipinski definition) is 3. The van der Waals surface area contributed by atoms with E-state index in [4.69, 9.17) is 5.84 Å². The molecule has 3 N–H and O–H groups in total. The zero-order chi connectivity index (χ0) is 12.5. The summed E-state index contributed by atoms with van der Waals surface area (Å²) in [6, 6.07) is 11.9. The van der Waals surface area contributed by atoms with Gasteiger partial charge in [0.05, 0.1) is 5.69 Å². The Bertz CT molecular complexity index is 688. The molecule has 0 amide bonds. The van der Waals surface area contributed by atoms with E-state index < -0.39 is 0 Å². The number of anilines is 1. The average Bonchev–Trinajstić information content (AvgIpc) is 2.81. The topological polar surface area (TPSA) is 55.3 Å². The molecule has 3 rings (SSSR count). The van der Waals surface area contributed by atoms with E-state index in [1.165, 1.54) is 3.57 Å². The Labute approximate surface area is 118 Å². The monoisotopic (exact) mass is 350 g/mol. The van der Waals surface area contributed by atoms with E-state index in [0.29, 0.717) is 0 Å². The predicted molar refractivity (Wildman–Crippen MR) is 81.2 cm³/mol. The molecule has 3 aromatic rings. The lowest BCUT2D eigenvalue weighted by molar-refractivity contribution is 1.17. The molecule has 0 saturated heterocycles. The third kappa shape index (κ3) is 2.06. The first-order valence-corrected chi connectivity index (χ1v) is 6.55. The molecule has 18 heavy (non-hydrogen) atoms. The molecule has 0 aliphatic rings. The number of halogens is 1. The van der Waals surface area contributed by atoms with Crippen molar-refractivity contribution in [1.82, 2.24) is 9.38 Å². The van der Waals surface area contributed by atoms with Gasteiger partial charge in [0.1, 0.15) is 5.65 Å². The molecule has 0 radical (unpaired) electrons. The van der Waals surface area contributed by atoms with Crippen molar-refractivity contribution in [2.45, 2.75) is 0 Å². The molecular formula is C13H11IN4. The second-order valence-corrected chi connectivity index (χ2v) is 5.21. The van der Waals surface area contributed by atoms with Crippen LogP contribution in [0.25, 0.3) is 16.9 Å². The summed E-state index contributed by atoms with van der Waals surface area (Å²) in [4.78, 5) is 4.59. The van der Waals surface area contributed by atoms with Crippen LogP contribution >= 0.6 is 22.6 Å². The van der Waals surface area contributed by atoms with Gasteiger partial charge < -0.3 is 9.83 Å². The molecule has 0 unspecified atom stereocenters. The number of nitrogens with one attached hydrogen (secondary N) is 1. The number of hydrazine groups is 1. The third-order valence-corrected chi connectivity index (χ3v) is 3.40. The summed E-state index contributed by atoms with van der Waals surface area (Å²) >= 11 is 2.29. The van der Waals surface area contributed by atoms with Gasteiger partial charge in [0.25, 0.3) is 0 Å². The molecule has 2 aromatic heterocycles. The normalized spacial score (nSPS) is 10.8. The largest absolute Gasteiger partial charge is 0.324 e. The van der Waals surface area contributed by atoms with Crippen molar-refractivity contribution < 1.29 is 0 Å². The zero-order valence-corrected chi connectivity index (χ0v) is 11.6. The summed E-state index contributed by atoms with van der Waals surface area (Å²) in [5.41, 5.74) is 6.49. The van der Waals surface area contributed by atoms with Gasteiger partial charge in [-0.2, -0.15) is 0 Å². The number of hydrogen-bond donors (Lipinski definition) is 2. The Morgan fingerprint density at radius 1 is 1.06 bits per heavy atom. The highest BCUT2D eigenvalue weighted by Crippen LogP contribution is 2.21. The minimum Gasteiger partial charge on any atom is -0.324 e. The van der Waals surface area contributed by atoms with Crippen molar-refractivity contribution in [1.29, 1.82) is 0 Å². The van der Waals surface area contributed by atoms with Crippen LogP contribution in [0.5, 0.6) is 0 Å². The summed E-state index contributed by atoms with van der Waals surface area (Å²) in [5, 5.41) is 0. The van der Waals surface area contributed by atoms with Gasteiger partial charge in [-0.15, -0.1) is 0 Å². The molecule has 4 nitrogen and oxygen atoms in total. The number of aromatic nitrogens is 2. The van der Waals surface area contributed by atoms with Crippen LogP contribution in [0.4, 0.5) is 5.69 Å². The van der Waals surface area contributed by atoms with Gasteiger partial charge >= 0.3 is 0 Å². The summed E-state index contributed by atoms with van der Waals surface area (Å²) in [7, 11) is 0. The lowest BCUT2D eigenvalue weighted by atomic mass is 10.1. The Hall–Kier alpha value is -1.60. The van der Waals surface area contributed by atoms with Crippen LogP contribution in [-0.4, -0.2) is 9.38 Å². The maximum atomic E-state index is 5.35. The van der Waals surface area contributed by atoms with Crippen LogP contribution in [0.2, 0.25) is 0 Å². The van der Waals surface area contributed by atoms with Crippen LogP contribution in [0.1, 0.15) is 0 Å². The highest BCUT2D eigenvalue weighted by atomic mass is 127. The summed E-state index contributed by atoms with van der Waals surface area (Å²) in [6.45, 7) is 0. The first-order valence-electron chi connectivity index (χ1n) is 5.47. The molecule has 0 aliphatic carbocycles. The van der Waals surface area contributed by atoms with Crippen molar-refractivity contribution >= 4 is 33.9 Å². The van der Waals surface area contributed by atoms with Gasteiger partial charge in [0.15, 0.2) is 0 Å². The van der Waals surface area contributed by atoms with E-state index >= 15 is 0 Å². The first-order chi connectivity index (χ1) is 8.76. The van der Waals surface area contributed by atoms with Crippen molar-refractivity contribution in [3.63, 3.8) is 0 Å². The average molecular weight is 350 g/mol. The molecular weight excluding hydrogens is 339 g/mol. The standard InChI is InChI=1S/C13H11IN4/c14-10-3-6-13-16-12(8-18(13)7-10)9-1-4-11(17-15)5-2-9/h1-8,17H,15H2. The fourth-order valence-corrected chi connectivity index (χ4v) is 2.32. The van der Waals surface area contributed by atoms with Gasteiger partial charge in [-0.3, -0.25) is 5.84 Å². The fraction of sp³-hybridized carbons (Fsp3) is 0. The van der Waals surface area contributed by atoms with E-state index in [-0.39, 0.29) is 0 Å². The smallest absolute Gasteiger partial charge is 0.137 e. The number of imidazole rings is 1. The van der Waals surface area contributed by atoms with Crippen LogP contribution in [-0.2, 0) is 0 Å². The van der Waals surface area contributed by atoms with Gasteiger partial charge in [-0.25, -0.2) is 4.98 Å². The Morgan fingerprint density at radius 2 is 1.83 bits per heavy atom. The molecule has 0 atom stereocenters. The van der Waals surface area contributed by atoms with Gasteiger partial charge in [0, 0.05) is 27.2 Å². The zero-order valence-electron chi connectivity index (χ0n) is 9.47. The second kappa shape index (κ2) is 4.58. The van der Waals surface area contributed by atoms with Crippen LogP contribution < -0.4 is 11.3 Å². The number of rotatable bonds is 2. The summed E-state index contributed by atoms with van der Waals surface area (Å²) < 4.78 is 3.22. The Balaban J connectivity index is 2.07. The van der Waals surface area contributed by atoms with E-state index in [2.05, 4.69) is 39.2 Å². The molecule has 0 aliphatic heterocycles. The third-order valence-electron chi connectivity index (χ3n) is 2.76. The highest BCUT2D eigenvalue weighted by molar-refractivity contribution is 14.1. The molecule has 0 saturated carbocycles. The minimum absolute atomic E-state index is 0.886. The molecule has 90 valence electrons. The van der Waals surface area contributed by atoms with Crippen molar-refractivity contribution in [3.05, 3.63) is 52.4 Å². The molecule has 0 fully saturated rings. The molecule has 5 heteroatoms. The van der Waals surface area contributed by atoms with E-state index in [1.807, 2.05) is 47.0 Å². The summed E-state index contributed by atoms with van der Waals surface area (Å²) in [6.07, 6.45) is 4.09. The molecule has 0 spiro atoms. The van der Waals surface area contributed by atoms with Crippen LogP contribution in [0.3, 0.4) is 0 Å². The minimum atomic E-state index is 0.886. The first kappa shape index (κ1) is 11.5. The molecule has 0 bridgehead atoms. The quantitative estimate of drug-likeness (QED) is 0.425. The van der Waals surface area contributed by atoms with Crippen LogP contribution in [0.15, 0.2) is 48.8 Å². The van der Waals surface area contributed by atoms with Gasteiger partial charge in [0.2, 0.25) is 0 Å². The number of nitrogens with zero attached hydrogens (tertiary/aromatic N) is 2. The van der Waals surface area contributed by atoms with Gasteiger partial charge in [-0.1, -0.05) is 12.1 Å². The molecule has 1 aromatic carbocycles. The fourth-order valence-electron chi connectivity index (χ4n) is 1.84. The number of nitrogen functional groups attached to an aromatic ring is 1. The maximum absolute atomic E-state index is 5.35. The number of benzene rings is 1. The number of pyridine rings is 1. The van der Waals surface area contributed by atoms with Gasteiger partial charge in [-0.05, 0) is 46.9 Å². The Morgan fingerprint density at radius 3 is 2.56 bits per heavy atom. The lowest BCUT2D eigenvalue weighted by Gasteiger charge is -2.00. The number of nitrogens with two attached hydrogens (primary N) is 1. The SMILES string of the molecule is NNc1ccc(-c2cn3cc(I)ccc3n2)cc1. The summed E-state index contributed by atoms with van der Waals surface area (Å²) in [5.74, 6) is 5.35. The van der Waals surface area contributed by atoms with Crippen molar-refractivity contribution in [3.8, 4) is 11.3 Å². The predicted octanol–water partition coefficient (Wildman–Crippen LogP) is 2.89. The van der Waals surface area contributed by atoms with E-state index in [1.54, 1.807) is 0 Å². The Kier molecular flexibility index (Phi) is 2.92. The van der Waals surface area contributed by atoms with Crippen molar-refractivity contribution in [2.24, 2.45) is 5.84 Å². The van der Waals surface area contributed by atoms with Crippen molar-refractivity contribution in [2.75, 3.05) is 5.43 Å². The van der Waals surface area contributed by atoms with E-state index in [9.17, 15) is 0 Å². The van der Waals surface area contributed by atoms with E-state index in [0.717, 1.165) is 22.6 Å². The second-order valence-electron chi connectivity index (χ2n) is 3.96. The molecule has 2 heterocycles. The van der Waals surface area contributed by atoms with Crippen LogP contribution in [0, 0.1) is 3.57 Å². The number of fused-ring (bicyclic) bond motifs is 1. The maximum Gasteiger partial charge on any atom is 0.137 e.